The maximum Gasteiger partial charge on any atom is 0.251 e. The number of carbonyl (C=O) groups is 1. The van der Waals surface area contributed by atoms with Gasteiger partial charge in [0.25, 0.3) is 5.91 Å². The largest absolute Gasteiger partial charge is 0.388 e. The highest BCUT2D eigenvalue weighted by Crippen LogP contribution is 2.26. The molecule has 2 N–H and O–H groups in total. The molecule has 1 aromatic rings. The van der Waals surface area contributed by atoms with Crippen LogP contribution in [-0.2, 0) is 0 Å². The number of amides is 1. The van der Waals surface area contributed by atoms with Crippen molar-refractivity contribution in [2.24, 2.45) is 0 Å². The van der Waals surface area contributed by atoms with E-state index in [1.165, 1.54) is 12.8 Å². The van der Waals surface area contributed by atoms with E-state index in [4.69, 9.17) is 0 Å². The molecule has 0 spiro atoms. The summed E-state index contributed by atoms with van der Waals surface area (Å²) in [5.41, 5.74) is 0.949. The molecule has 1 saturated carbocycles. The van der Waals surface area contributed by atoms with Crippen molar-refractivity contribution in [3.05, 3.63) is 33.8 Å². The molecule has 1 aliphatic rings. The van der Waals surface area contributed by atoms with Crippen LogP contribution in [0.3, 0.4) is 0 Å². The zero-order chi connectivity index (χ0) is 14.6. The summed E-state index contributed by atoms with van der Waals surface area (Å²) in [5.74, 6) is -0.113. The molecule has 1 fully saturated rings. The van der Waals surface area contributed by atoms with Crippen LogP contribution in [0.25, 0.3) is 0 Å². The van der Waals surface area contributed by atoms with Crippen molar-refractivity contribution in [3.63, 3.8) is 0 Å². The number of halogens is 1. The average Bonchev–Trinajstić information content (AvgIpc) is 2.65. The van der Waals surface area contributed by atoms with Crippen molar-refractivity contribution in [2.45, 2.75) is 51.0 Å². The second-order valence-electron chi connectivity index (χ2n) is 5.79. The van der Waals surface area contributed by atoms with Crippen molar-refractivity contribution in [2.75, 3.05) is 6.54 Å². The van der Waals surface area contributed by atoms with Crippen LogP contribution >= 0.6 is 15.9 Å². The second kappa shape index (κ2) is 6.72. The highest BCUT2D eigenvalue weighted by atomic mass is 79.9. The van der Waals surface area contributed by atoms with Gasteiger partial charge in [-0.15, -0.1) is 0 Å². The van der Waals surface area contributed by atoms with E-state index in [9.17, 15) is 9.90 Å². The van der Waals surface area contributed by atoms with E-state index >= 15 is 0 Å². The first-order valence-electron chi connectivity index (χ1n) is 7.27. The number of nitrogens with one attached hydrogen (secondary N) is 1. The molecule has 0 radical (unpaired) electrons. The molecule has 0 bridgehead atoms. The van der Waals surface area contributed by atoms with Gasteiger partial charge >= 0.3 is 0 Å². The number of aliphatic hydroxyl groups is 1. The third-order valence-corrected chi connectivity index (χ3v) is 4.92. The number of aryl methyl sites for hydroxylation is 1. The molecule has 20 heavy (non-hydrogen) atoms. The summed E-state index contributed by atoms with van der Waals surface area (Å²) in [6.07, 6.45) is 6.02. The Labute approximate surface area is 128 Å². The monoisotopic (exact) mass is 339 g/mol. The molecular formula is C16H22BrNO2. The minimum absolute atomic E-state index is 0.113. The van der Waals surface area contributed by atoms with Crippen LogP contribution in [0.4, 0.5) is 0 Å². The van der Waals surface area contributed by atoms with Gasteiger partial charge in [0.2, 0.25) is 0 Å². The first-order chi connectivity index (χ1) is 9.50. The molecule has 0 saturated heterocycles. The van der Waals surface area contributed by atoms with E-state index in [1.54, 1.807) is 6.07 Å². The van der Waals surface area contributed by atoms with Crippen molar-refractivity contribution in [1.29, 1.82) is 0 Å². The van der Waals surface area contributed by atoms with E-state index in [-0.39, 0.29) is 5.91 Å². The summed E-state index contributed by atoms with van der Waals surface area (Å²) in [6, 6.07) is 5.53. The Morgan fingerprint density at radius 1 is 1.30 bits per heavy atom. The Balaban J connectivity index is 1.95. The van der Waals surface area contributed by atoms with Gasteiger partial charge in [0.15, 0.2) is 0 Å². The van der Waals surface area contributed by atoms with E-state index < -0.39 is 5.60 Å². The Hall–Kier alpha value is -0.870. The summed E-state index contributed by atoms with van der Waals surface area (Å²) in [4.78, 5) is 12.1. The first-order valence-corrected chi connectivity index (χ1v) is 8.06. The number of rotatable bonds is 3. The lowest BCUT2D eigenvalue weighted by molar-refractivity contribution is 0.0246. The molecule has 0 atom stereocenters. The molecule has 0 heterocycles. The summed E-state index contributed by atoms with van der Waals surface area (Å²) in [7, 11) is 0. The summed E-state index contributed by atoms with van der Waals surface area (Å²) in [5, 5.41) is 13.4. The lowest BCUT2D eigenvalue weighted by Gasteiger charge is -2.26. The Bertz CT molecular complexity index is 479. The molecule has 4 heteroatoms. The normalized spacial score (nSPS) is 18.4. The van der Waals surface area contributed by atoms with Gasteiger partial charge in [0.1, 0.15) is 0 Å². The topological polar surface area (TPSA) is 49.3 Å². The molecule has 3 nitrogen and oxygen atoms in total. The average molecular weight is 340 g/mol. The molecule has 1 aliphatic carbocycles. The molecular weight excluding hydrogens is 318 g/mol. The van der Waals surface area contributed by atoms with Gasteiger partial charge in [0, 0.05) is 16.6 Å². The van der Waals surface area contributed by atoms with Crippen LogP contribution in [0.1, 0.15) is 54.4 Å². The minimum atomic E-state index is -0.726. The van der Waals surface area contributed by atoms with Crippen molar-refractivity contribution in [3.8, 4) is 0 Å². The van der Waals surface area contributed by atoms with E-state index in [1.807, 2.05) is 19.1 Å². The third-order valence-electron chi connectivity index (χ3n) is 4.03. The van der Waals surface area contributed by atoms with Gasteiger partial charge in [-0.25, -0.2) is 0 Å². The standard InChI is InChI=1S/C16H22BrNO2/c1-12-10-13(6-7-14(12)17)15(19)18-11-16(20)8-4-2-3-5-9-16/h6-7,10,20H,2-5,8-9,11H2,1H3,(H,18,19). The third kappa shape index (κ3) is 4.06. The fourth-order valence-corrected chi connectivity index (χ4v) is 2.94. The zero-order valence-corrected chi connectivity index (χ0v) is 13.5. The van der Waals surface area contributed by atoms with Crippen LogP contribution < -0.4 is 5.32 Å². The SMILES string of the molecule is Cc1cc(C(=O)NCC2(O)CCCCCC2)ccc1Br. The van der Waals surface area contributed by atoms with Crippen molar-refractivity contribution in [1.82, 2.24) is 5.32 Å². The lowest BCUT2D eigenvalue weighted by atomic mass is 9.94. The maximum atomic E-state index is 12.1. The number of hydrogen-bond donors (Lipinski definition) is 2. The summed E-state index contributed by atoms with van der Waals surface area (Å²) in [6.45, 7) is 2.31. The zero-order valence-electron chi connectivity index (χ0n) is 11.9. The number of benzene rings is 1. The van der Waals surface area contributed by atoms with Gasteiger partial charge in [-0.05, 0) is 43.5 Å². The molecule has 2 rings (SSSR count). The molecule has 1 aromatic carbocycles. The smallest absolute Gasteiger partial charge is 0.251 e. The fraction of sp³-hybridized carbons (Fsp3) is 0.562. The second-order valence-corrected chi connectivity index (χ2v) is 6.64. The molecule has 0 aliphatic heterocycles. The lowest BCUT2D eigenvalue weighted by Crippen LogP contribution is -2.42. The predicted molar refractivity (Wildman–Crippen MR) is 83.9 cm³/mol. The summed E-state index contributed by atoms with van der Waals surface area (Å²) < 4.78 is 0.997. The highest BCUT2D eigenvalue weighted by molar-refractivity contribution is 9.10. The Morgan fingerprint density at radius 3 is 2.55 bits per heavy atom. The van der Waals surface area contributed by atoms with Crippen molar-refractivity contribution < 1.29 is 9.90 Å². The predicted octanol–water partition coefficient (Wildman–Crippen LogP) is 3.57. The van der Waals surface area contributed by atoms with Gasteiger partial charge in [-0.2, -0.15) is 0 Å². The van der Waals surface area contributed by atoms with Gasteiger partial charge in [-0.1, -0.05) is 41.6 Å². The van der Waals surface area contributed by atoms with Crippen molar-refractivity contribution >= 4 is 21.8 Å². The van der Waals surface area contributed by atoms with E-state index in [0.717, 1.165) is 35.7 Å². The first kappa shape index (κ1) is 15.5. The number of carbonyl (C=O) groups excluding carboxylic acids is 1. The van der Waals surface area contributed by atoms with Crippen LogP contribution in [0.15, 0.2) is 22.7 Å². The minimum Gasteiger partial charge on any atom is -0.388 e. The maximum absolute atomic E-state index is 12.1. The van der Waals surface area contributed by atoms with Crippen LogP contribution in [0, 0.1) is 6.92 Å². The van der Waals surface area contributed by atoms with Crippen LogP contribution in [0.2, 0.25) is 0 Å². The number of hydrogen-bond acceptors (Lipinski definition) is 2. The Morgan fingerprint density at radius 2 is 1.95 bits per heavy atom. The fourth-order valence-electron chi connectivity index (χ4n) is 2.70. The molecule has 0 unspecified atom stereocenters. The van der Waals surface area contributed by atoms with E-state index in [2.05, 4.69) is 21.2 Å². The van der Waals surface area contributed by atoms with E-state index in [0.29, 0.717) is 12.1 Å². The quantitative estimate of drug-likeness (QED) is 0.827. The molecule has 110 valence electrons. The van der Waals surface area contributed by atoms with Crippen LogP contribution in [-0.4, -0.2) is 23.2 Å². The van der Waals surface area contributed by atoms with Gasteiger partial charge in [-0.3, -0.25) is 4.79 Å². The molecule has 1 amide bonds. The molecule has 0 aromatic heterocycles. The van der Waals surface area contributed by atoms with Gasteiger partial charge in [0.05, 0.1) is 5.60 Å². The highest BCUT2D eigenvalue weighted by Gasteiger charge is 2.28. The summed E-state index contributed by atoms with van der Waals surface area (Å²) >= 11 is 3.43. The Kier molecular flexibility index (Phi) is 5.22. The van der Waals surface area contributed by atoms with Gasteiger partial charge < -0.3 is 10.4 Å². The van der Waals surface area contributed by atoms with Crippen LogP contribution in [0.5, 0.6) is 0 Å².